The van der Waals surface area contributed by atoms with E-state index in [4.69, 9.17) is 0 Å². The first-order valence-electron chi connectivity index (χ1n) is 11.9. The smallest absolute Gasteiger partial charge is 0.286 e. The topological polar surface area (TPSA) is 93.2 Å². The zero-order valence-corrected chi connectivity index (χ0v) is 20.1. The number of unbranched alkanes of at least 4 members (excludes halogenated alkanes) is 3. The first kappa shape index (κ1) is 26.9. The molecule has 8 heteroatoms. The number of carbonyl (C=O) groups is 3. The molecule has 0 aliphatic heterocycles. The number of rotatable bonds is 13. The molecule has 0 spiro atoms. The predicted octanol–water partition coefficient (Wildman–Crippen LogP) is 5.12. The molecule has 0 saturated heterocycles. The van der Waals surface area contributed by atoms with Crippen molar-refractivity contribution < 1.29 is 19.6 Å². The van der Waals surface area contributed by atoms with E-state index in [0.717, 1.165) is 25.7 Å². The van der Waals surface area contributed by atoms with E-state index in [2.05, 4.69) is 12.3 Å². The van der Waals surface area contributed by atoms with Gasteiger partial charge in [0.15, 0.2) is 0 Å². The van der Waals surface area contributed by atoms with Crippen molar-refractivity contribution in [1.29, 1.82) is 0 Å². The molecule has 34 heavy (non-hydrogen) atoms. The Morgan fingerprint density at radius 2 is 1.47 bits per heavy atom. The molecule has 2 N–H and O–H groups in total. The summed E-state index contributed by atoms with van der Waals surface area (Å²) in [6.45, 7) is 4.27. The van der Waals surface area contributed by atoms with Crippen molar-refractivity contribution in [2.45, 2.75) is 52.4 Å². The van der Waals surface area contributed by atoms with Crippen molar-refractivity contribution in [3.8, 4) is 0 Å². The van der Waals surface area contributed by atoms with Crippen LogP contribution in [0.4, 0.5) is 16.2 Å². The molecular formula is C26H36N4O4. The average Bonchev–Trinajstić information content (AvgIpc) is 2.87. The summed E-state index contributed by atoms with van der Waals surface area (Å²) in [5, 5.41) is 11.5. The molecule has 0 fully saturated rings. The SMILES string of the molecule is CCCCC[C@@H](CN(O)C=O)C(=O)NN(CCCC)C(=O)N(c1ccccc1)c1ccccc1. The van der Waals surface area contributed by atoms with E-state index in [1.807, 2.05) is 67.6 Å². The lowest BCUT2D eigenvalue weighted by molar-refractivity contribution is -0.155. The van der Waals surface area contributed by atoms with Gasteiger partial charge in [0, 0.05) is 6.54 Å². The highest BCUT2D eigenvalue weighted by molar-refractivity contribution is 6.00. The molecule has 2 aromatic rings. The third kappa shape index (κ3) is 8.19. The average molecular weight is 469 g/mol. The number of hydrogen-bond acceptors (Lipinski definition) is 4. The third-order valence-electron chi connectivity index (χ3n) is 5.49. The lowest BCUT2D eigenvalue weighted by Crippen LogP contribution is -2.53. The number of carbonyl (C=O) groups excluding carboxylic acids is 3. The first-order valence-corrected chi connectivity index (χ1v) is 11.9. The molecule has 0 radical (unpaired) electrons. The first-order chi connectivity index (χ1) is 16.5. The van der Waals surface area contributed by atoms with Gasteiger partial charge in [-0.25, -0.2) is 14.9 Å². The molecule has 2 aromatic carbocycles. The van der Waals surface area contributed by atoms with Crippen LogP contribution in [0.5, 0.6) is 0 Å². The molecule has 1 atom stereocenters. The fourth-order valence-corrected chi connectivity index (χ4v) is 3.60. The third-order valence-corrected chi connectivity index (χ3v) is 5.49. The molecule has 0 saturated carbocycles. The Labute approximate surface area is 202 Å². The van der Waals surface area contributed by atoms with Crippen LogP contribution in [0.3, 0.4) is 0 Å². The Balaban J connectivity index is 2.30. The van der Waals surface area contributed by atoms with E-state index in [1.165, 1.54) is 5.01 Å². The molecule has 0 heterocycles. The highest BCUT2D eigenvalue weighted by Gasteiger charge is 2.28. The van der Waals surface area contributed by atoms with Crippen LogP contribution in [0.25, 0.3) is 0 Å². The maximum Gasteiger partial charge on any atom is 0.347 e. The van der Waals surface area contributed by atoms with Crippen LogP contribution in [0.15, 0.2) is 60.7 Å². The molecule has 8 nitrogen and oxygen atoms in total. The van der Waals surface area contributed by atoms with Crippen LogP contribution in [-0.4, -0.2) is 46.7 Å². The number of hydroxylamine groups is 2. The molecule has 0 aliphatic rings. The standard InChI is InChI=1S/C26H36N4O4/c1-3-5-9-14-22(20-28(34)21-31)25(32)27-29(19-6-4-2)26(33)30(23-15-10-7-11-16-23)24-17-12-8-13-18-24/h7-8,10-13,15-18,21-22,34H,3-6,9,14,19-20H2,1-2H3,(H,27,32)/t22-/m0/s1. The van der Waals surface area contributed by atoms with Crippen LogP contribution in [0, 0.1) is 5.92 Å². The Kier molecular flexibility index (Phi) is 11.6. The summed E-state index contributed by atoms with van der Waals surface area (Å²) in [6.07, 6.45) is 5.02. The van der Waals surface area contributed by atoms with Gasteiger partial charge in [0.1, 0.15) is 0 Å². The van der Waals surface area contributed by atoms with Crippen molar-refractivity contribution in [2.24, 2.45) is 5.92 Å². The second-order valence-corrected chi connectivity index (χ2v) is 8.19. The van der Waals surface area contributed by atoms with Gasteiger partial charge in [-0.15, -0.1) is 0 Å². The van der Waals surface area contributed by atoms with Crippen LogP contribution >= 0.6 is 0 Å². The number of anilines is 2. The van der Waals surface area contributed by atoms with Crippen molar-refractivity contribution in [1.82, 2.24) is 15.5 Å². The van der Waals surface area contributed by atoms with Crippen LogP contribution in [0.2, 0.25) is 0 Å². The Bertz CT molecular complexity index is 839. The molecule has 2 rings (SSSR count). The summed E-state index contributed by atoms with van der Waals surface area (Å²) >= 11 is 0. The van der Waals surface area contributed by atoms with E-state index in [0.29, 0.717) is 35.8 Å². The monoisotopic (exact) mass is 468 g/mol. The van der Waals surface area contributed by atoms with Gasteiger partial charge < -0.3 is 0 Å². The van der Waals surface area contributed by atoms with Gasteiger partial charge in [0.25, 0.3) is 0 Å². The van der Waals surface area contributed by atoms with Gasteiger partial charge in [0.2, 0.25) is 12.3 Å². The van der Waals surface area contributed by atoms with Gasteiger partial charge in [-0.05, 0) is 37.1 Å². The van der Waals surface area contributed by atoms with Crippen molar-refractivity contribution in [3.05, 3.63) is 60.7 Å². The normalized spacial score (nSPS) is 11.4. The van der Waals surface area contributed by atoms with Gasteiger partial charge in [0.05, 0.1) is 23.8 Å². The van der Waals surface area contributed by atoms with Gasteiger partial charge in [-0.3, -0.25) is 25.1 Å². The summed E-state index contributed by atoms with van der Waals surface area (Å²) in [5.41, 5.74) is 4.13. The van der Waals surface area contributed by atoms with Crippen molar-refractivity contribution in [3.63, 3.8) is 0 Å². The highest BCUT2D eigenvalue weighted by atomic mass is 16.5. The number of hydrogen-bond donors (Lipinski definition) is 2. The number of para-hydroxylation sites is 2. The molecule has 0 bridgehead atoms. The maximum atomic E-state index is 13.8. The molecule has 184 valence electrons. The summed E-state index contributed by atoms with van der Waals surface area (Å²) in [6, 6.07) is 18.1. The fourth-order valence-electron chi connectivity index (χ4n) is 3.60. The van der Waals surface area contributed by atoms with E-state index < -0.39 is 11.8 Å². The highest BCUT2D eigenvalue weighted by Crippen LogP contribution is 2.26. The lowest BCUT2D eigenvalue weighted by Gasteiger charge is -2.32. The molecular weight excluding hydrogens is 432 g/mol. The van der Waals surface area contributed by atoms with Crippen molar-refractivity contribution >= 4 is 29.7 Å². The summed E-state index contributed by atoms with van der Waals surface area (Å²) < 4.78 is 0. The quantitative estimate of drug-likeness (QED) is 0.185. The minimum atomic E-state index is -0.638. The maximum absolute atomic E-state index is 13.8. The summed E-state index contributed by atoms with van der Waals surface area (Å²) in [7, 11) is 0. The van der Waals surface area contributed by atoms with Gasteiger partial charge in [-0.1, -0.05) is 75.9 Å². The number of amides is 4. The number of nitrogens with one attached hydrogen (secondary N) is 1. The predicted molar refractivity (Wildman–Crippen MR) is 132 cm³/mol. The minimum absolute atomic E-state index is 0.129. The van der Waals surface area contributed by atoms with Gasteiger partial charge >= 0.3 is 6.03 Å². The second-order valence-electron chi connectivity index (χ2n) is 8.19. The van der Waals surface area contributed by atoms with Crippen molar-refractivity contribution in [2.75, 3.05) is 18.0 Å². The second kappa shape index (κ2) is 14.7. The van der Waals surface area contributed by atoms with E-state index in [9.17, 15) is 19.6 Å². The molecule has 0 unspecified atom stereocenters. The van der Waals surface area contributed by atoms with E-state index >= 15 is 0 Å². The zero-order valence-electron chi connectivity index (χ0n) is 20.1. The molecule has 0 aliphatic carbocycles. The number of hydrazine groups is 1. The van der Waals surface area contributed by atoms with E-state index in [1.54, 1.807) is 4.90 Å². The van der Waals surface area contributed by atoms with Crippen LogP contribution in [-0.2, 0) is 9.59 Å². The largest absolute Gasteiger partial charge is 0.347 e. The van der Waals surface area contributed by atoms with Gasteiger partial charge in [-0.2, -0.15) is 0 Å². The van der Waals surface area contributed by atoms with Crippen LogP contribution in [0.1, 0.15) is 52.4 Å². The fraction of sp³-hybridized carbons (Fsp3) is 0.423. The number of urea groups is 1. The number of nitrogens with zero attached hydrogens (tertiary/aromatic N) is 3. The molecule has 4 amide bonds. The van der Waals surface area contributed by atoms with E-state index in [-0.39, 0.29) is 19.0 Å². The summed E-state index contributed by atoms with van der Waals surface area (Å²) in [4.78, 5) is 39.5. The Morgan fingerprint density at radius 1 is 0.912 bits per heavy atom. The Hall–Kier alpha value is -3.39. The zero-order chi connectivity index (χ0) is 24.8. The summed E-state index contributed by atoms with van der Waals surface area (Å²) in [5.74, 6) is -1.04. The molecule has 0 aromatic heterocycles. The lowest BCUT2D eigenvalue weighted by atomic mass is 10.0. The Morgan fingerprint density at radius 3 is 1.97 bits per heavy atom. The number of benzene rings is 2. The van der Waals surface area contributed by atoms with Crippen LogP contribution < -0.4 is 10.3 Å². The minimum Gasteiger partial charge on any atom is -0.286 e.